The van der Waals surface area contributed by atoms with E-state index >= 15 is 0 Å². The van der Waals surface area contributed by atoms with Gasteiger partial charge in [0.25, 0.3) is 5.91 Å². The normalized spacial score (nSPS) is 19.0. The molecule has 2 heterocycles. The summed E-state index contributed by atoms with van der Waals surface area (Å²) < 4.78 is 0. The highest BCUT2D eigenvalue weighted by Crippen LogP contribution is 2.22. The van der Waals surface area contributed by atoms with E-state index in [1.165, 1.54) is 0 Å². The maximum atomic E-state index is 12.5. The Morgan fingerprint density at radius 3 is 3.16 bits per heavy atom. The standard InChI is InChI=1S/C15H15ClN2O/c16-10-13-4-2-8-18(13)15(19)12-5-6-14-11(9-12)3-1-7-17-14/h1,3,5-7,9,13H,2,4,8,10H2. The zero-order chi connectivity index (χ0) is 13.2. The third kappa shape index (κ3) is 2.30. The summed E-state index contributed by atoms with van der Waals surface area (Å²) in [6, 6.07) is 9.69. The average molecular weight is 275 g/mol. The number of fused-ring (bicyclic) bond motifs is 1. The zero-order valence-electron chi connectivity index (χ0n) is 10.6. The van der Waals surface area contributed by atoms with E-state index in [2.05, 4.69) is 4.98 Å². The Kier molecular flexibility index (Phi) is 3.38. The molecule has 98 valence electrons. The van der Waals surface area contributed by atoms with Crippen LogP contribution in [0.3, 0.4) is 0 Å². The van der Waals surface area contributed by atoms with Gasteiger partial charge < -0.3 is 4.90 Å². The van der Waals surface area contributed by atoms with Gasteiger partial charge in [-0.05, 0) is 37.1 Å². The number of amides is 1. The molecule has 0 bridgehead atoms. The van der Waals surface area contributed by atoms with Crippen molar-refractivity contribution in [2.45, 2.75) is 18.9 Å². The van der Waals surface area contributed by atoms with Crippen molar-refractivity contribution >= 4 is 28.4 Å². The third-order valence-electron chi connectivity index (χ3n) is 3.67. The lowest BCUT2D eigenvalue weighted by atomic mass is 10.1. The van der Waals surface area contributed by atoms with Crippen LogP contribution in [0.25, 0.3) is 10.9 Å². The van der Waals surface area contributed by atoms with Gasteiger partial charge >= 0.3 is 0 Å². The number of likely N-dealkylation sites (tertiary alicyclic amines) is 1. The maximum Gasteiger partial charge on any atom is 0.254 e. The summed E-state index contributed by atoms with van der Waals surface area (Å²) in [7, 11) is 0. The Bertz CT molecular complexity index is 614. The first kappa shape index (κ1) is 12.4. The van der Waals surface area contributed by atoms with Gasteiger partial charge in [0.15, 0.2) is 0 Å². The van der Waals surface area contributed by atoms with E-state index in [0.29, 0.717) is 5.88 Å². The monoisotopic (exact) mass is 274 g/mol. The highest BCUT2D eigenvalue weighted by molar-refractivity contribution is 6.18. The largest absolute Gasteiger partial charge is 0.334 e. The molecular weight excluding hydrogens is 260 g/mol. The number of hydrogen-bond donors (Lipinski definition) is 0. The van der Waals surface area contributed by atoms with Gasteiger partial charge in [-0.2, -0.15) is 0 Å². The lowest BCUT2D eigenvalue weighted by Crippen LogP contribution is -2.36. The van der Waals surface area contributed by atoms with Crippen LogP contribution in [-0.2, 0) is 0 Å². The Morgan fingerprint density at radius 2 is 2.32 bits per heavy atom. The third-order valence-corrected chi connectivity index (χ3v) is 4.02. The number of rotatable bonds is 2. The molecule has 19 heavy (non-hydrogen) atoms. The molecule has 3 nitrogen and oxygen atoms in total. The summed E-state index contributed by atoms with van der Waals surface area (Å²) in [5.41, 5.74) is 1.63. The highest BCUT2D eigenvalue weighted by Gasteiger charge is 2.28. The van der Waals surface area contributed by atoms with E-state index in [0.717, 1.165) is 35.9 Å². The molecule has 1 fully saturated rings. The molecule has 4 heteroatoms. The molecule has 0 N–H and O–H groups in total. The second-order valence-corrected chi connectivity index (χ2v) is 5.17. The summed E-state index contributed by atoms with van der Waals surface area (Å²) in [4.78, 5) is 18.7. The number of halogens is 1. The van der Waals surface area contributed by atoms with Crippen molar-refractivity contribution in [3.8, 4) is 0 Å². The average Bonchev–Trinajstić information content (AvgIpc) is 2.94. The number of alkyl halides is 1. The van der Waals surface area contributed by atoms with Gasteiger partial charge in [-0.3, -0.25) is 9.78 Å². The fourth-order valence-electron chi connectivity index (χ4n) is 2.64. The maximum absolute atomic E-state index is 12.5. The van der Waals surface area contributed by atoms with Gasteiger partial charge in [0.2, 0.25) is 0 Å². The Balaban J connectivity index is 1.93. The number of aromatic nitrogens is 1. The summed E-state index contributed by atoms with van der Waals surface area (Å²) in [5.74, 6) is 0.592. The number of carbonyl (C=O) groups is 1. The van der Waals surface area contributed by atoms with Gasteiger partial charge in [-0.1, -0.05) is 6.07 Å². The lowest BCUT2D eigenvalue weighted by Gasteiger charge is -2.23. The summed E-state index contributed by atoms with van der Waals surface area (Å²) >= 11 is 5.93. The molecule has 2 aromatic rings. The van der Waals surface area contributed by atoms with Crippen LogP contribution >= 0.6 is 11.6 Å². The smallest absolute Gasteiger partial charge is 0.254 e. The van der Waals surface area contributed by atoms with Crippen molar-refractivity contribution in [1.82, 2.24) is 9.88 Å². The number of nitrogens with zero attached hydrogens (tertiary/aromatic N) is 2. The Morgan fingerprint density at radius 1 is 1.42 bits per heavy atom. The van der Waals surface area contributed by atoms with Crippen LogP contribution in [0.15, 0.2) is 36.5 Å². The highest BCUT2D eigenvalue weighted by atomic mass is 35.5. The van der Waals surface area contributed by atoms with Crippen LogP contribution in [0.1, 0.15) is 23.2 Å². The molecule has 3 rings (SSSR count). The minimum atomic E-state index is 0.0777. The summed E-state index contributed by atoms with van der Waals surface area (Å²) in [6.45, 7) is 0.807. The van der Waals surface area contributed by atoms with Gasteiger partial charge in [0.05, 0.1) is 5.52 Å². The van der Waals surface area contributed by atoms with Crippen molar-refractivity contribution in [1.29, 1.82) is 0 Å². The van der Waals surface area contributed by atoms with Gasteiger partial charge in [0.1, 0.15) is 0 Å². The summed E-state index contributed by atoms with van der Waals surface area (Å²) in [5, 5.41) is 0.995. The van der Waals surface area contributed by atoms with Crippen LogP contribution in [0.5, 0.6) is 0 Å². The molecule has 0 spiro atoms. The van der Waals surface area contributed by atoms with E-state index in [1.54, 1.807) is 6.20 Å². The van der Waals surface area contributed by atoms with Crippen LogP contribution in [-0.4, -0.2) is 34.3 Å². The molecule has 1 amide bonds. The summed E-state index contributed by atoms with van der Waals surface area (Å²) in [6.07, 6.45) is 3.80. The van der Waals surface area contributed by atoms with E-state index in [-0.39, 0.29) is 11.9 Å². The van der Waals surface area contributed by atoms with Crippen molar-refractivity contribution in [3.63, 3.8) is 0 Å². The Labute approximate surface area is 117 Å². The second kappa shape index (κ2) is 5.17. The second-order valence-electron chi connectivity index (χ2n) is 4.86. The van der Waals surface area contributed by atoms with Crippen molar-refractivity contribution in [3.05, 3.63) is 42.1 Å². The molecular formula is C15H15ClN2O. The number of benzene rings is 1. The molecule has 1 unspecified atom stereocenters. The predicted octanol–water partition coefficient (Wildman–Crippen LogP) is 3.08. The van der Waals surface area contributed by atoms with E-state index in [4.69, 9.17) is 11.6 Å². The number of pyridine rings is 1. The lowest BCUT2D eigenvalue weighted by molar-refractivity contribution is 0.0749. The fourth-order valence-corrected chi connectivity index (χ4v) is 2.96. The zero-order valence-corrected chi connectivity index (χ0v) is 11.3. The number of hydrogen-bond acceptors (Lipinski definition) is 2. The predicted molar refractivity (Wildman–Crippen MR) is 76.5 cm³/mol. The van der Waals surface area contributed by atoms with Crippen LogP contribution in [0.4, 0.5) is 0 Å². The quantitative estimate of drug-likeness (QED) is 0.789. The molecule has 1 aliphatic rings. The first-order valence-corrected chi connectivity index (χ1v) is 7.05. The first-order chi connectivity index (χ1) is 9.29. The Hall–Kier alpha value is -1.61. The topological polar surface area (TPSA) is 33.2 Å². The minimum absolute atomic E-state index is 0.0777. The minimum Gasteiger partial charge on any atom is -0.334 e. The molecule has 0 radical (unpaired) electrons. The van der Waals surface area contributed by atoms with Crippen molar-refractivity contribution in [2.24, 2.45) is 0 Å². The number of carbonyl (C=O) groups excluding carboxylic acids is 1. The van der Waals surface area contributed by atoms with Gasteiger partial charge in [-0.15, -0.1) is 11.6 Å². The molecule has 1 aromatic heterocycles. The van der Waals surface area contributed by atoms with Crippen LogP contribution in [0.2, 0.25) is 0 Å². The van der Waals surface area contributed by atoms with Gasteiger partial charge in [0, 0.05) is 35.6 Å². The van der Waals surface area contributed by atoms with Crippen molar-refractivity contribution < 1.29 is 4.79 Å². The SMILES string of the molecule is O=C(c1ccc2ncccc2c1)N1CCCC1CCl. The molecule has 0 aliphatic carbocycles. The van der Waals surface area contributed by atoms with Crippen LogP contribution < -0.4 is 0 Å². The molecule has 1 saturated heterocycles. The van der Waals surface area contributed by atoms with Crippen LogP contribution in [0, 0.1) is 0 Å². The fraction of sp³-hybridized carbons (Fsp3) is 0.333. The van der Waals surface area contributed by atoms with E-state index in [1.807, 2.05) is 35.2 Å². The van der Waals surface area contributed by atoms with Gasteiger partial charge in [-0.25, -0.2) is 0 Å². The van der Waals surface area contributed by atoms with Crippen molar-refractivity contribution in [2.75, 3.05) is 12.4 Å². The van der Waals surface area contributed by atoms with E-state index in [9.17, 15) is 4.79 Å². The van der Waals surface area contributed by atoms with E-state index < -0.39 is 0 Å². The molecule has 1 aliphatic heterocycles. The molecule has 1 atom stereocenters. The molecule has 0 saturated carbocycles. The first-order valence-electron chi connectivity index (χ1n) is 6.51. The molecule has 1 aromatic carbocycles.